The Kier molecular flexibility index (Phi) is 5.33. The molecule has 0 unspecified atom stereocenters. The largest absolute Gasteiger partial charge is 0.322 e. The molecule has 8 heteroatoms. The third-order valence-electron chi connectivity index (χ3n) is 2.67. The summed E-state index contributed by atoms with van der Waals surface area (Å²) >= 11 is 7.19. The van der Waals surface area contributed by atoms with E-state index >= 15 is 0 Å². The fourth-order valence-corrected chi connectivity index (χ4v) is 2.55. The lowest BCUT2D eigenvalue weighted by atomic mass is 10.2. The Morgan fingerprint density at radius 3 is 2.41 bits per heavy atom. The summed E-state index contributed by atoms with van der Waals surface area (Å²) < 4.78 is 39.1. The molecule has 1 amide bonds. The van der Waals surface area contributed by atoms with E-state index in [4.69, 9.17) is 17.3 Å². The molecule has 22 heavy (non-hydrogen) atoms. The topological polar surface area (TPSA) is 55.1 Å². The van der Waals surface area contributed by atoms with E-state index in [1.807, 2.05) is 0 Å². The first-order chi connectivity index (χ1) is 10.4. The van der Waals surface area contributed by atoms with Crippen LogP contribution in [-0.2, 0) is 0 Å². The lowest BCUT2D eigenvalue weighted by Gasteiger charge is -2.08. The summed E-state index contributed by atoms with van der Waals surface area (Å²) in [7, 11) is 0. The Morgan fingerprint density at radius 2 is 1.82 bits per heavy atom. The SMILES string of the molecule is NCSc1cc(C(=O)Nc2cc(F)c(F)c(F)c2)ccc1Cl. The monoisotopic (exact) mass is 346 g/mol. The molecule has 2 rings (SSSR count). The van der Waals surface area contributed by atoms with E-state index < -0.39 is 23.4 Å². The lowest BCUT2D eigenvalue weighted by Crippen LogP contribution is -2.13. The van der Waals surface area contributed by atoms with Crippen LogP contribution in [0.4, 0.5) is 18.9 Å². The molecule has 0 aliphatic heterocycles. The molecule has 3 N–H and O–H groups in total. The molecule has 116 valence electrons. The molecule has 3 nitrogen and oxygen atoms in total. The van der Waals surface area contributed by atoms with Crippen molar-refractivity contribution in [3.63, 3.8) is 0 Å². The van der Waals surface area contributed by atoms with Crippen molar-refractivity contribution in [1.29, 1.82) is 0 Å². The van der Waals surface area contributed by atoms with Crippen LogP contribution in [0, 0.1) is 17.5 Å². The fraction of sp³-hybridized carbons (Fsp3) is 0.0714. The van der Waals surface area contributed by atoms with E-state index in [1.165, 1.54) is 30.0 Å². The van der Waals surface area contributed by atoms with E-state index in [2.05, 4.69) is 5.32 Å². The van der Waals surface area contributed by atoms with Gasteiger partial charge in [-0.3, -0.25) is 4.79 Å². The summed E-state index contributed by atoms with van der Waals surface area (Å²) in [4.78, 5) is 12.7. The van der Waals surface area contributed by atoms with Gasteiger partial charge in [0.2, 0.25) is 0 Å². The van der Waals surface area contributed by atoms with Crippen molar-refractivity contribution < 1.29 is 18.0 Å². The highest BCUT2D eigenvalue weighted by molar-refractivity contribution is 7.99. The highest BCUT2D eigenvalue weighted by Crippen LogP contribution is 2.27. The highest BCUT2D eigenvalue weighted by Gasteiger charge is 2.14. The Bertz CT molecular complexity index is 704. The summed E-state index contributed by atoms with van der Waals surface area (Å²) in [5, 5.41) is 2.72. The minimum absolute atomic E-state index is 0.190. The minimum Gasteiger partial charge on any atom is -0.322 e. The van der Waals surface area contributed by atoms with Crippen molar-refractivity contribution in [2.75, 3.05) is 11.2 Å². The molecule has 0 bridgehead atoms. The predicted molar refractivity (Wildman–Crippen MR) is 80.6 cm³/mol. The van der Waals surface area contributed by atoms with Crippen LogP contribution >= 0.6 is 23.4 Å². The second-order valence-electron chi connectivity index (χ2n) is 4.16. The first kappa shape index (κ1) is 16.7. The smallest absolute Gasteiger partial charge is 0.255 e. The number of rotatable bonds is 4. The number of nitrogens with two attached hydrogens (primary N) is 1. The van der Waals surface area contributed by atoms with Crippen LogP contribution in [0.15, 0.2) is 35.2 Å². The third-order valence-corrected chi connectivity index (χ3v) is 3.93. The number of hydrogen-bond donors (Lipinski definition) is 2. The van der Waals surface area contributed by atoms with Crippen LogP contribution in [0.2, 0.25) is 5.02 Å². The van der Waals surface area contributed by atoms with Crippen molar-refractivity contribution in [2.45, 2.75) is 4.90 Å². The van der Waals surface area contributed by atoms with Gasteiger partial charge in [-0.2, -0.15) is 0 Å². The molecule has 2 aromatic rings. The van der Waals surface area contributed by atoms with Crippen molar-refractivity contribution in [1.82, 2.24) is 0 Å². The maximum Gasteiger partial charge on any atom is 0.255 e. The molecular weight excluding hydrogens is 337 g/mol. The number of nitrogens with one attached hydrogen (secondary N) is 1. The number of halogens is 4. The summed E-state index contributed by atoms with van der Waals surface area (Å²) in [6.07, 6.45) is 0. The second-order valence-corrected chi connectivity index (χ2v) is 5.63. The summed E-state index contributed by atoms with van der Waals surface area (Å²) in [6.45, 7) is 0. The van der Waals surface area contributed by atoms with Gasteiger partial charge in [0.05, 0.1) is 5.02 Å². The van der Waals surface area contributed by atoms with Crippen molar-refractivity contribution >= 4 is 35.0 Å². The van der Waals surface area contributed by atoms with Gasteiger partial charge in [-0.25, -0.2) is 13.2 Å². The molecule has 2 aromatic carbocycles. The maximum absolute atomic E-state index is 13.1. The van der Waals surface area contributed by atoms with E-state index in [1.54, 1.807) is 0 Å². The first-order valence-electron chi connectivity index (χ1n) is 6.00. The first-order valence-corrected chi connectivity index (χ1v) is 7.37. The normalized spacial score (nSPS) is 10.6. The Labute approximate surface area is 133 Å². The maximum atomic E-state index is 13.1. The van der Waals surface area contributed by atoms with Gasteiger partial charge in [0.25, 0.3) is 5.91 Å². The van der Waals surface area contributed by atoms with E-state index in [0.717, 1.165) is 0 Å². The zero-order valence-corrected chi connectivity index (χ0v) is 12.6. The molecule has 0 radical (unpaired) electrons. The molecule has 0 atom stereocenters. The summed E-state index contributed by atoms with van der Waals surface area (Å²) in [5.74, 6) is -4.69. The van der Waals surface area contributed by atoms with Crippen LogP contribution < -0.4 is 11.1 Å². The van der Waals surface area contributed by atoms with Gasteiger partial charge in [0.15, 0.2) is 17.5 Å². The Morgan fingerprint density at radius 1 is 1.18 bits per heavy atom. The molecule has 0 saturated carbocycles. The van der Waals surface area contributed by atoms with Crippen LogP contribution in [0.3, 0.4) is 0 Å². The number of carbonyl (C=O) groups excluding carboxylic acids is 1. The van der Waals surface area contributed by atoms with E-state index in [-0.39, 0.29) is 17.1 Å². The quantitative estimate of drug-likeness (QED) is 0.499. The molecule has 0 aliphatic rings. The molecule has 0 aromatic heterocycles. The molecule has 0 heterocycles. The molecule has 0 saturated heterocycles. The van der Waals surface area contributed by atoms with Gasteiger partial charge in [-0.1, -0.05) is 11.6 Å². The van der Waals surface area contributed by atoms with Crippen LogP contribution in [0.5, 0.6) is 0 Å². The van der Waals surface area contributed by atoms with Crippen LogP contribution in [-0.4, -0.2) is 11.8 Å². The molecule has 0 spiro atoms. The third kappa shape index (κ3) is 3.73. The summed E-state index contributed by atoms with van der Waals surface area (Å²) in [6, 6.07) is 5.86. The van der Waals surface area contributed by atoms with Gasteiger partial charge in [0.1, 0.15) is 0 Å². The van der Waals surface area contributed by atoms with Crippen molar-refractivity contribution in [3.05, 3.63) is 58.4 Å². The molecular formula is C14H10ClF3N2OS. The molecule has 0 fully saturated rings. The van der Waals surface area contributed by atoms with E-state index in [9.17, 15) is 18.0 Å². The average molecular weight is 347 g/mol. The van der Waals surface area contributed by atoms with Gasteiger partial charge >= 0.3 is 0 Å². The van der Waals surface area contributed by atoms with Crippen LogP contribution in [0.25, 0.3) is 0 Å². The zero-order chi connectivity index (χ0) is 16.3. The van der Waals surface area contributed by atoms with E-state index in [0.29, 0.717) is 22.1 Å². The van der Waals surface area contributed by atoms with Gasteiger partial charge < -0.3 is 11.1 Å². The fourth-order valence-electron chi connectivity index (χ4n) is 1.68. The highest BCUT2D eigenvalue weighted by atomic mass is 35.5. The summed E-state index contributed by atoms with van der Waals surface area (Å²) in [5.41, 5.74) is 5.45. The second kappa shape index (κ2) is 7.04. The number of hydrogen-bond acceptors (Lipinski definition) is 3. The number of benzene rings is 2. The number of carbonyl (C=O) groups is 1. The predicted octanol–water partition coefficient (Wildman–Crippen LogP) is 4.02. The van der Waals surface area contributed by atoms with Crippen molar-refractivity contribution in [2.24, 2.45) is 5.73 Å². The van der Waals surface area contributed by atoms with Crippen LogP contribution in [0.1, 0.15) is 10.4 Å². The standard InChI is InChI=1S/C14H10ClF3N2OS/c15-9-2-1-7(3-12(9)22-6-19)14(21)20-8-4-10(16)13(18)11(17)5-8/h1-5H,6,19H2,(H,20,21). The van der Waals surface area contributed by atoms with Gasteiger partial charge in [-0.05, 0) is 18.2 Å². The lowest BCUT2D eigenvalue weighted by molar-refractivity contribution is 0.102. The number of amides is 1. The Balaban J connectivity index is 2.24. The number of anilines is 1. The number of thioether (sulfide) groups is 1. The van der Waals surface area contributed by atoms with Crippen molar-refractivity contribution in [3.8, 4) is 0 Å². The van der Waals surface area contributed by atoms with Gasteiger partial charge in [-0.15, -0.1) is 11.8 Å². The average Bonchev–Trinajstić information content (AvgIpc) is 2.47. The molecule has 0 aliphatic carbocycles. The zero-order valence-electron chi connectivity index (χ0n) is 11.0. The minimum atomic E-state index is -1.59. The Hall–Kier alpha value is -1.70. The van der Waals surface area contributed by atoms with Gasteiger partial charge in [0, 0.05) is 34.2 Å².